The smallest absolute Gasteiger partial charge is 0.478 e. The highest BCUT2D eigenvalue weighted by Gasteiger charge is 2.32. The Labute approximate surface area is 253 Å². The van der Waals surface area contributed by atoms with Crippen LogP contribution in [0.2, 0.25) is 0 Å². The molecule has 0 saturated heterocycles. The molecule has 0 saturated carbocycles. The van der Waals surface area contributed by atoms with E-state index in [1.165, 1.54) is 36.4 Å². The zero-order chi connectivity index (χ0) is 32.2. The summed E-state index contributed by atoms with van der Waals surface area (Å²) in [6, 6.07) is 19.0. The molecule has 0 radical (unpaired) electrons. The average molecular weight is 608 g/mol. The van der Waals surface area contributed by atoms with Crippen molar-refractivity contribution in [2.24, 2.45) is 0 Å². The largest absolute Gasteiger partial charge is 0.573 e. The van der Waals surface area contributed by atoms with Gasteiger partial charge in [0.2, 0.25) is 0 Å². The first-order valence-corrected chi connectivity index (χ1v) is 14.1. The molecule has 1 amide bonds. The maximum absolute atomic E-state index is 15.5. The minimum absolute atomic E-state index is 0.0828. The molecule has 4 aromatic carbocycles. The molecule has 0 aliphatic rings. The maximum atomic E-state index is 15.5. The van der Waals surface area contributed by atoms with Gasteiger partial charge in [-0.2, -0.15) is 0 Å². The Hall–Kier alpha value is -4.66. The highest BCUT2D eigenvalue weighted by atomic mass is 19.4. The number of amides is 1. The normalized spacial score (nSPS) is 12.8. The molecule has 0 bridgehead atoms. The number of carboxylic acid groups (broad SMARTS) is 1. The number of hydrogen-bond donors (Lipinski definition) is 2. The molecule has 4 rings (SSSR count). The highest BCUT2D eigenvalue weighted by Crippen LogP contribution is 2.37. The standard InChI is InChI=1S/C35H33F4NO4/c1-5-6-28(23-7-9-25(10-8-23)34(42)43)32(24-11-14-27(15-12-24)44-35(37,38)39)40-33(41)29-16-13-26(19-30(29)36)31-21(3)17-20(2)18-22(31)4/h7-19,28,32H,5-6H2,1-4H3,(H,40,41)(H,42,43). The van der Waals surface area contributed by atoms with Gasteiger partial charge in [0.05, 0.1) is 17.2 Å². The molecule has 9 heteroatoms. The number of nitrogens with one attached hydrogen (secondary N) is 1. The van der Waals surface area contributed by atoms with Crippen LogP contribution in [0.3, 0.4) is 0 Å². The fourth-order valence-electron chi connectivity index (χ4n) is 5.71. The lowest BCUT2D eigenvalue weighted by atomic mass is 9.83. The van der Waals surface area contributed by atoms with Crippen LogP contribution in [0.4, 0.5) is 17.6 Å². The van der Waals surface area contributed by atoms with E-state index < -0.39 is 41.8 Å². The fourth-order valence-corrected chi connectivity index (χ4v) is 5.71. The van der Waals surface area contributed by atoms with Crippen LogP contribution in [-0.2, 0) is 0 Å². The van der Waals surface area contributed by atoms with E-state index in [1.807, 2.05) is 39.8 Å². The minimum atomic E-state index is -4.87. The van der Waals surface area contributed by atoms with Crippen molar-refractivity contribution in [1.82, 2.24) is 5.32 Å². The second kappa shape index (κ2) is 13.3. The second-order valence-electron chi connectivity index (χ2n) is 10.9. The van der Waals surface area contributed by atoms with Gasteiger partial charge in [-0.05, 0) is 97.0 Å². The van der Waals surface area contributed by atoms with Crippen molar-refractivity contribution in [3.8, 4) is 16.9 Å². The van der Waals surface area contributed by atoms with Crippen molar-refractivity contribution in [2.75, 3.05) is 0 Å². The summed E-state index contributed by atoms with van der Waals surface area (Å²) in [5.74, 6) is -3.35. The van der Waals surface area contributed by atoms with E-state index in [4.69, 9.17) is 0 Å². The third-order valence-corrected chi connectivity index (χ3v) is 7.53. The second-order valence-corrected chi connectivity index (χ2v) is 10.9. The predicted molar refractivity (Wildman–Crippen MR) is 160 cm³/mol. The van der Waals surface area contributed by atoms with Gasteiger partial charge in [0.15, 0.2) is 0 Å². The Kier molecular flexibility index (Phi) is 9.77. The molecule has 0 spiro atoms. The van der Waals surface area contributed by atoms with Crippen LogP contribution < -0.4 is 10.1 Å². The van der Waals surface area contributed by atoms with Gasteiger partial charge in [0.1, 0.15) is 11.6 Å². The molecule has 0 aliphatic carbocycles. The molecule has 2 N–H and O–H groups in total. The van der Waals surface area contributed by atoms with Crippen LogP contribution in [0.5, 0.6) is 5.75 Å². The molecule has 5 nitrogen and oxygen atoms in total. The average Bonchev–Trinajstić information content (AvgIpc) is 2.94. The number of carbonyl (C=O) groups is 2. The lowest BCUT2D eigenvalue weighted by molar-refractivity contribution is -0.274. The monoisotopic (exact) mass is 607 g/mol. The first-order chi connectivity index (χ1) is 20.8. The van der Waals surface area contributed by atoms with Crippen LogP contribution in [0.15, 0.2) is 78.9 Å². The molecule has 0 heterocycles. The molecule has 0 aromatic heterocycles. The Morgan fingerprint density at radius 1 is 0.864 bits per heavy atom. The van der Waals surface area contributed by atoms with Crippen molar-refractivity contribution in [3.63, 3.8) is 0 Å². The number of carboxylic acids is 1. The Balaban J connectivity index is 1.72. The van der Waals surface area contributed by atoms with Gasteiger partial charge in [-0.1, -0.05) is 61.4 Å². The summed E-state index contributed by atoms with van der Waals surface area (Å²) in [5.41, 5.74) is 5.64. The van der Waals surface area contributed by atoms with E-state index in [-0.39, 0.29) is 11.1 Å². The number of alkyl halides is 3. The highest BCUT2D eigenvalue weighted by molar-refractivity contribution is 5.95. The molecule has 0 fully saturated rings. The summed E-state index contributed by atoms with van der Waals surface area (Å²) in [6.45, 7) is 7.81. The molecular weight excluding hydrogens is 574 g/mol. The van der Waals surface area contributed by atoms with E-state index in [1.54, 1.807) is 18.2 Å². The number of aryl methyl sites for hydroxylation is 3. The van der Waals surface area contributed by atoms with Crippen molar-refractivity contribution in [1.29, 1.82) is 0 Å². The number of hydrogen-bond acceptors (Lipinski definition) is 3. The Morgan fingerprint density at radius 3 is 1.98 bits per heavy atom. The lowest BCUT2D eigenvalue weighted by Crippen LogP contribution is -2.33. The van der Waals surface area contributed by atoms with E-state index in [0.29, 0.717) is 29.5 Å². The summed E-state index contributed by atoms with van der Waals surface area (Å²) in [6.07, 6.45) is -3.66. The third-order valence-electron chi connectivity index (χ3n) is 7.53. The summed E-state index contributed by atoms with van der Waals surface area (Å²) in [4.78, 5) is 25.0. The van der Waals surface area contributed by atoms with Gasteiger partial charge in [0, 0.05) is 5.92 Å². The van der Waals surface area contributed by atoms with Gasteiger partial charge >= 0.3 is 12.3 Å². The number of benzene rings is 4. The molecule has 2 unspecified atom stereocenters. The topological polar surface area (TPSA) is 75.6 Å². The summed E-state index contributed by atoms with van der Waals surface area (Å²) in [7, 11) is 0. The summed E-state index contributed by atoms with van der Waals surface area (Å²) in [5, 5.41) is 12.2. The molecule has 44 heavy (non-hydrogen) atoms. The summed E-state index contributed by atoms with van der Waals surface area (Å²) >= 11 is 0. The van der Waals surface area contributed by atoms with Crippen LogP contribution in [0.1, 0.15) is 80.3 Å². The van der Waals surface area contributed by atoms with Crippen molar-refractivity contribution < 1.29 is 37.0 Å². The fraction of sp³-hybridized carbons (Fsp3) is 0.257. The molecule has 0 aliphatic heterocycles. The van der Waals surface area contributed by atoms with Crippen LogP contribution in [0, 0.1) is 26.6 Å². The van der Waals surface area contributed by atoms with Crippen LogP contribution in [-0.4, -0.2) is 23.3 Å². The quantitative estimate of drug-likeness (QED) is 0.176. The molecule has 2 atom stereocenters. The first-order valence-electron chi connectivity index (χ1n) is 14.1. The van der Waals surface area contributed by atoms with Crippen molar-refractivity contribution in [3.05, 3.63) is 124 Å². The Morgan fingerprint density at radius 2 is 1.45 bits per heavy atom. The summed E-state index contributed by atoms with van der Waals surface area (Å²) < 4.78 is 57.9. The molecule has 230 valence electrons. The number of ether oxygens (including phenoxy) is 1. The van der Waals surface area contributed by atoms with Crippen molar-refractivity contribution in [2.45, 2.75) is 58.9 Å². The maximum Gasteiger partial charge on any atom is 0.573 e. The van der Waals surface area contributed by atoms with E-state index in [0.717, 1.165) is 34.4 Å². The van der Waals surface area contributed by atoms with Crippen LogP contribution in [0.25, 0.3) is 11.1 Å². The van der Waals surface area contributed by atoms with Gasteiger partial charge < -0.3 is 15.2 Å². The number of aromatic carboxylic acids is 1. The van der Waals surface area contributed by atoms with E-state index >= 15 is 4.39 Å². The van der Waals surface area contributed by atoms with Crippen molar-refractivity contribution >= 4 is 11.9 Å². The number of carbonyl (C=O) groups excluding carboxylic acids is 1. The van der Waals surface area contributed by atoms with Gasteiger partial charge in [-0.25, -0.2) is 9.18 Å². The third kappa shape index (κ3) is 7.64. The first kappa shape index (κ1) is 32.3. The number of halogens is 4. The zero-order valence-corrected chi connectivity index (χ0v) is 24.8. The van der Waals surface area contributed by atoms with E-state index in [9.17, 15) is 27.9 Å². The number of rotatable bonds is 10. The Bertz CT molecular complexity index is 1620. The molecule has 4 aromatic rings. The van der Waals surface area contributed by atoms with Gasteiger partial charge in [-0.15, -0.1) is 13.2 Å². The lowest BCUT2D eigenvalue weighted by Gasteiger charge is -2.29. The molecular formula is C35H33F4NO4. The van der Waals surface area contributed by atoms with Crippen LogP contribution >= 0.6 is 0 Å². The van der Waals surface area contributed by atoms with Gasteiger partial charge in [-0.3, -0.25) is 4.79 Å². The van der Waals surface area contributed by atoms with E-state index in [2.05, 4.69) is 10.1 Å². The predicted octanol–water partition coefficient (Wildman–Crippen LogP) is 9.07. The van der Waals surface area contributed by atoms with Gasteiger partial charge in [0.25, 0.3) is 5.91 Å². The minimum Gasteiger partial charge on any atom is -0.478 e. The SMILES string of the molecule is CCCC(c1ccc(C(=O)O)cc1)C(NC(=O)c1ccc(-c2c(C)cc(C)cc2C)cc1F)c1ccc(OC(F)(F)F)cc1. The zero-order valence-electron chi connectivity index (χ0n) is 24.8.